The van der Waals surface area contributed by atoms with Crippen LogP contribution in [0.15, 0.2) is 22.8 Å². The first-order valence-electron chi connectivity index (χ1n) is 6.53. The summed E-state index contributed by atoms with van der Waals surface area (Å²) in [6, 6.07) is 4.68. The van der Waals surface area contributed by atoms with E-state index in [4.69, 9.17) is 0 Å². The second kappa shape index (κ2) is 8.94. The molecule has 0 aliphatic rings. The number of hydrogen-bond acceptors (Lipinski definition) is 3. The number of aromatic nitrogens is 1. The molecule has 1 heterocycles. The van der Waals surface area contributed by atoms with Crippen LogP contribution >= 0.6 is 27.7 Å². The van der Waals surface area contributed by atoms with E-state index < -0.39 is 0 Å². The monoisotopic (exact) mass is 330 g/mol. The molecule has 1 aromatic rings. The summed E-state index contributed by atoms with van der Waals surface area (Å²) in [6.07, 6.45) is 2.88. The zero-order valence-electron chi connectivity index (χ0n) is 11.4. The summed E-state index contributed by atoms with van der Waals surface area (Å²) in [7, 11) is 0. The highest BCUT2D eigenvalue weighted by Crippen LogP contribution is 2.13. The Hall–Kier alpha value is -0.0600. The molecule has 0 aromatic carbocycles. The summed E-state index contributed by atoms with van der Waals surface area (Å²) in [5.41, 5.74) is 1.16. The molecule has 4 heteroatoms. The van der Waals surface area contributed by atoms with Crippen molar-refractivity contribution < 1.29 is 0 Å². The van der Waals surface area contributed by atoms with Gasteiger partial charge in [-0.15, -0.1) is 0 Å². The van der Waals surface area contributed by atoms with Crippen LogP contribution in [0.25, 0.3) is 0 Å². The summed E-state index contributed by atoms with van der Waals surface area (Å²) >= 11 is 5.45. The van der Waals surface area contributed by atoms with Crippen molar-refractivity contribution in [2.75, 3.05) is 18.1 Å². The average molecular weight is 331 g/mol. The molecular formula is C14H23BrN2S. The summed E-state index contributed by atoms with van der Waals surface area (Å²) in [5.74, 6) is 3.16. The van der Waals surface area contributed by atoms with E-state index in [9.17, 15) is 0 Å². The number of thioether (sulfide) groups is 1. The van der Waals surface area contributed by atoms with Crippen molar-refractivity contribution in [2.45, 2.75) is 33.2 Å². The van der Waals surface area contributed by atoms with Crippen LogP contribution in [0.2, 0.25) is 0 Å². The van der Waals surface area contributed by atoms with E-state index in [2.05, 4.69) is 59.1 Å². The van der Waals surface area contributed by atoms with Gasteiger partial charge in [0.25, 0.3) is 0 Å². The topological polar surface area (TPSA) is 24.9 Å². The van der Waals surface area contributed by atoms with Gasteiger partial charge in [0.15, 0.2) is 0 Å². The number of pyridine rings is 1. The van der Waals surface area contributed by atoms with Gasteiger partial charge < -0.3 is 5.32 Å². The summed E-state index contributed by atoms with van der Waals surface area (Å²) < 4.78 is 1.04. The largest absolute Gasteiger partial charge is 0.313 e. The molecule has 102 valence electrons. The van der Waals surface area contributed by atoms with Crippen molar-refractivity contribution in [2.24, 2.45) is 5.92 Å². The lowest BCUT2D eigenvalue weighted by atomic mass is 10.1. The van der Waals surface area contributed by atoms with Crippen LogP contribution in [-0.4, -0.2) is 29.1 Å². The van der Waals surface area contributed by atoms with Gasteiger partial charge in [0, 0.05) is 34.6 Å². The zero-order valence-corrected chi connectivity index (χ0v) is 13.9. The maximum absolute atomic E-state index is 4.45. The van der Waals surface area contributed by atoms with Crippen molar-refractivity contribution in [1.29, 1.82) is 0 Å². The van der Waals surface area contributed by atoms with Gasteiger partial charge in [0.1, 0.15) is 0 Å². The Balaban J connectivity index is 2.43. The van der Waals surface area contributed by atoms with Gasteiger partial charge in [0.05, 0.1) is 0 Å². The Morgan fingerprint density at radius 2 is 2.11 bits per heavy atom. The molecule has 0 aliphatic carbocycles. The van der Waals surface area contributed by atoms with Crippen molar-refractivity contribution in [3.05, 3.63) is 28.5 Å². The molecule has 0 saturated heterocycles. The van der Waals surface area contributed by atoms with Crippen LogP contribution in [0.4, 0.5) is 0 Å². The van der Waals surface area contributed by atoms with Crippen molar-refractivity contribution >= 4 is 27.7 Å². The minimum Gasteiger partial charge on any atom is -0.313 e. The summed E-state index contributed by atoms with van der Waals surface area (Å²) in [4.78, 5) is 4.45. The Kier molecular flexibility index (Phi) is 7.95. The highest BCUT2D eigenvalue weighted by Gasteiger charge is 2.09. The molecule has 1 rings (SSSR count). The van der Waals surface area contributed by atoms with Crippen LogP contribution in [0, 0.1) is 5.92 Å². The van der Waals surface area contributed by atoms with Crippen molar-refractivity contribution in [1.82, 2.24) is 10.3 Å². The van der Waals surface area contributed by atoms with Crippen LogP contribution in [-0.2, 0) is 6.42 Å². The Morgan fingerprint density at radius 3 is 2.67 bits per heavy atom. The molecule has 1 atom stereocenters. The minimum absolute atomic E-state index is 0.521. The number of likely N-dealkylation sites (N-methyl/N-ethyl adjacent to an activating group) is 1. The predicted molar refractivity (Wildman–Crippen MR) is 85.3 cm³/mol. The van der Waals surface area contributed by atoms with E-state index in [0.717, 1.165) is 34.8 Å². The van der Waals surface area contributed by atoms with Crippen LogP contribution in [0.5, 0.6) is 0 Å². The molecule has 0 fully saturated rings. The van der Waals surface area contributed by atoms with Gasteiger partial charge in [-0.1, -0.05) is 20.8 Å². The molecule has 0 saturated carbocycles. The fourth-order valence-corrected chi connectivity index (χ4v) is 3.07. The van der Waals surface area contributed by atoms with Gasteiger partial charge in [-0.05, 0) is 46.3 Å². The summed E-state index contributed by atoms with van der Waals surface area (Å²) in [5, 5.41) is 3.55. The average Bonchev–Trinajstić information content (AvgIpc) is 2.32. The number of rotatable bonds is 8. The van der Waals surface area contributed by atoms with Crippen LogP contribution < -0.4 is 5.32 Å². The van der Waals surface area contributed by atoms with E-state index in [-0.39, 0.29) is 0 Å². The van der Waals surface area contributed by atoms with E-state index in [1.165, 1.54) is 5.75 Å². The first-order chi connectivity index (χ1) is 8.61. The third-order valence-electron chi connectivity index (χ3n) is 2.51. The van der Waals surface area contributed by atoms with E-state index in [0.29, 0.717) is 6.04 Å². The minimum atomic E-state index is 0.521. The molecule has 1 aromatic heterocycles. The van der Waals surface area contributed by atoms with Gasteiger partial charge in [-0.25, -0.2) is 0 Å². The maximum atomic E-state index is 4.45. The Morgan fingerprint density at radius 1 is 1.33 bits per heavy atom. The standard InChI is InChI=1S/C14H23BrN2S/c1-4-16-14(10-18-9-11(2)3)7-13-6-5-12(15)8-17-13/h5-6,8,11,14,16H,4,7,9-10H2,1-3H3. The first kappa shape index (κ1) is 16.0. The third-order valence-corrected chi connectivity index (χ3v) is 4.52. The smallest absolute Gasteiger partial charge is 0.0420 e. The molecule has 0 radical (unpaired) electrons. The van der Waals surface area contributed by atoms with E-state index >= 15 is 0 Å². The number of halogens is 1. The zero-order chi connectivity index (χ0) is 13.4. The lowest BCUT2D eigenvalue weighted by Gasteiger charge is -2.17. The van der Waals surface area contributed by atoms with Gasteiger partial charge in [0.2, 0.25) is 0 Å². The van der Waals surface area contributed by atoms with Crippen molar-refractivity contribution in [3.63, 3.8) is 0 Å². The normalized spacial score (nSPS) is 12.9. The molecule has 2 nitrogen and oxygen atoms in total. The van der Waals surface area contributed by atoms with Gasteiger partial charge >= 0.3 is 0 Å². The van der Waals surface area contributed by atoms with E-state index in [1.807, 2.05) is 18.0 Å². The molecule has 18 heavy (non-hydrogen) atoms. The Labute approximate surface area is 123 Å². The second-order valence-electron chi connectivity index (χ2n) is 4.86. The second-order valence-corrected chi connectivity index (χ2v) is 6.85. The molecule has 0 amide bonds. The molecule has 1 N–H and O–H groups in total. The third kappa shape index (κ3) is 6.76. The molecular weight excluding hydrogens is 308 g/mol. The highest BCUT2D eigenvalue weighted by molar-refractivity contribution is 9.10. The lowest BCUT2D eigenvalue weighted by molar-refractivity contribution is 0.566. The van der Waals surface area contributed by atoms with Gasteiger partial charge in [-0.3, -0.25) is 4.98 Å². The number of nitrogens with one attached hydrogen (secondary N) is 1. The lowest BCUT2D eigenvalue weighted by Crippen LogP contribution is -2.33. The Bertz CT molecular complexity index is 327. The summed E-state index contributed by atoms with van der Waals surface area (Å²) in [6.45, 7) is 7.72. The number of hydrogen-bond donors (Lipinski definition) is 1. The molecule has 1 unspecified atom stereocenters. The number of nitrogens with zero attached hydrogens (tertiary/aromatic N) is 1. The molecule has 0 bridgehead atoms. The van der Waals surface area contributed by atoms with E-state index in [1.54, 1.807) is 0 Å². The molecule has 0 spiro atoms. The van der Waals surface area contributed by atoms with Crippen LogP contribution in [0.1, 0.15) is 26.5 Å². The van der Waals surface area contributed by atoms with Crippen molar-refractivity contribution in [3.8, 4) is 0 Å². The quantitative estimate of drug-likeness (QED) is 0.785. The fraction of sp³-hybridized carbons (Fsp3) is 0.643. The maximum Gasteiger partial charge on any atom is 0.0420 e. The first-order valence-corrected chi connectivity index (χ1v) is 8.48. The predicted octanol–water partition coefficient (Wildman–Crippen LogP) is 3.75. The fourth-order valence-electron chi connectivity index (χ4n) is 1.70. The SMILES string of the molecule is CCNC(CSCC(C)C)Cc1ccc(Br)cn1. The van der Waals surface area contributed by atoms with Crippen LogP contribution in [0.3, 0.4) is 0 Å². The highest BCUT2D eigenvalue weighted by atomic mass is 79.9. The van der Waals surface area contributed by atoms with Gasteiger partial charge in [-0.2, -0.15) is 11.8 Å². The molecule has 0 aliphatic heterocycles.